The Kier molecular flexibility index (Phi) is 10.3. The van der Waals surface area contributed by atoms with Gasteiger partial charge in [0.15, 0.2) is 5.96 Å². The van der Waals surface area contributed by atoms with Crippen LogP contribution < -0.4 is 5.32 Å². The van der Waals surface area contributed by atoms with Crippen LogP contribution in [-0.2, 0) is 13.6 Å². The van der Waals surface area contributed by atoms with Crippen molar-refractivity contribution in [3.63, 3.8) is 0 Å². The zero-order valence-electron chi connectivity index (χ0n) is 16.8. The largest absolute Gasteiger partial charge is 0.357 e. The molecule has 1 fully saturated rings. The SMILES string of the molecule is CCNC(=NCC1CCCN(C(C)C)C1)N(C)Cc1cc(Cl)cn1C.I. The van der Waals surface area contributed by atoms with Crippen molar-refractivity contribution in [1.82, 2.24) is 19.7 Å². The molecule has 0 bridgehead atoms. The van der Waals surface area contributed by atoms with E-state index in [9.17, 15) is 0 Å². The van der Waals surface area contributed by atoms with Gasteiger partial charge in [-0.05, 0) is 52.1 Å². The molecule has 0 saturated carbocycles. The number of nitrogens with one attached hydrogen (secondary N) is 1. The quantitative estimate of drug-likeness (QED) is 0.370. The molecule has 0 aliphatic carbocycles. The lowest BCUT2D eigenvalue weighted by Crippen LogP contribution is -2.42. The van der Waals surface area contributed by atoms with Gasteiger partial charge in [0.1, 0.15) is 0 Å². The number of halogens is 2. The van der Waals surface area contributed by atoms with E-state index in [2.05, 4.69) is 47.5 Å². The smallest absolute Gasteiger partial charge is 0.194 e. The van der Waals surface area contributed by atoms with Crippen molar-refractivity contribution in [1.29, 1.82) is 0 Å². The lowest BCUT2D eigenvalue weighted by molar-refractivity contribution is 0.143. The summed E-state index contributed by atoms with van der Waals surface area (Å²) < 4.78 is 2.07. The number of piperidine rings is 1. The van der Waals surface area contributed by atoms with E-state index in [1.807, 2.05) is 19.3 Å². The third kappa shape index (κ3) is 6.93. The molecular weight excluding hydrogens is 461 g/mol. The van der Waals surface area contributed by atoms with Crippen LogP contribution >= 0.6 is 35.6 Å². The first-order chi connectivity index (χ1) is 11.9. The van der Waals surface area contributed by atoms with Crippen LogP contribution in [0.25, 0.3) is 0 Å². The Morgan fingerprint density at radius 2 is 2.19 bits per heavy atom. The minimum atomic E-state index is 0. The van der Waals surface area contributed by atoms with E-state index in [0.29, 0.717) is 12.0 Å². The van der Waals surface area contributed by atoms with Gasteiger partial charge in [-0.3, -0.25) is 4.99 Å². The lowest BCUT2D eigenvalue weighted by atomic mass is 9.97. The molecule has 26 heavy (non-hydrogen) atoms. The highest BCUT2D eigenvalue weighted by molar-refractivity contribution is 14.0. The van der Waals surface area contributed by atoms with Crippen molar-refractivity contribution >= 4 is 41.5 Å². The number of hydrogen-bond acceptors (Lipinski definition) is 2. The predicted molar refractivity (Wildman–Crippen MR) is 123 cm³/mol. The zero-order chi connectivity index (χ0) is 18.4. The van der Waals surface area contributed by atoms with Gasteiger partial charge in [0.25, 0.3) is 0 Å². The molecule has 1 aromatic heterocycles. The number of hydrogen-bond donors (Lipinski definition) is 1. The topological polar surface area (TPSA) is 35.8 Å². The second-order valence-electron chi connectivity index (χ2n) is 7.41. The van der Waals surface area contributed by atoms with E-state index in [0.717, 1.165) is 37.2 Å². The molecule has 0 radical (unpaired) electrons. The molecule has 1 aromatic rings. The normalized spacial score (nSPS) is 18.7. The fraction of sp³-hybridized carbons (Fsp3) is 0.737. The molecule has 1 atom stereocenters. The van der Waals surface area contributed by atoms with Crippen molar-refractivity contribution in [3.8, 4) is 0 Å². The van der Waals surface area contributed by atoms with Crippen LogP contribution in [-0.4, -0.2) is 59.6 Å². The van der Waals surface area contributed by atoms with Gasteiger partial charge in [0.2, 0.25) is 0 Å². The maximum absolute atomic E-state index is 6.10. The van der Waals surface area contributed by atoms with Gasteiger partial charge < -0.3 is 19.7 Å². The number of rotatable bonds is 6. The maximum Gasteiger partial charge on any atom is 0.194 e. The molecule has 2 rings (SSSR count). The van der Waals surface area contributed by atoms with Gasteiger partial charge in [-0.15, -0.1) is 24.0 Å². The van der Waals surface area contributed by atoms with Gasteiger partial charge in [0.05, 0.1) is 11.6 Å². The highest BCUT2D eigenvalue weighted by atomic mass is 127. The van der Waals surface area contributed by atoms with Gasteiger partial charge in [-0.25, -0.2) is 0 Å². The van der Waals surface area contributed by atoms with Crippen molar-refractivity contribution in [2.45, 2.75) is 46.2 Å². The van der Waals surface area contributed by atoms with Crippen LogP contribution in [0.1, 0.15) is 39.3 Å². The van der Waals surface area contributed by atoms with Crippen LogP contribution in [0.4, 0.5) is 0 Å². The summed E-state index contributed by atoms with van der Waals surface area (Å²) in [6, 6.07) is 2.65. The second kappa shape index (κ2) is 11.4. The summed E-state index contributed by atoms with van der Waals surface area (Å²) in [7, 11) is 4.12. The van der Waals surface area contributed by atoms with Gasteiger partial charge in [-0.1, -0.05) is 11.6 Å². The molecule has 1 aliphatic rings. The third-order valence-corrected chi connectivity index (χ3v) is 5.16. The maximum atomic E-state index is 6.10. The number of nitrogens with zero attached hydrogens (tertiary/aromatic N) is 4. The molecule has 5 nitrogen and oxygen atoms in total. The van der Waals surface area contributed by atoms with E-state index in [-0.39, 0.29) is 24.0 Å². The molecule has 1 unspecified atom stereocenters. The molecule has 0 aromatic carbocycles. The summed E-state index contributed by atoms with van der Waals surface area (Å²) in [4.78, 5) is 9.68. The van der Waals surface area contributed by atoms with Crippen LogP contribution in [0.5, 0.6) is 0 Å². The monoisotopic (exact) mass is 495 g/mol. The van der Waals surface area contributed by atoms with Crippen molar-refractivity contribution in [2.75, 3.05) is 33.2 Å². The Morgan fingerprint density at radius 1 is 1.46 bits per heavy atom. The van der Waals surface area contributed by atoms with Gasteiger partial charge in [0, 0.05) is 51.7 Å². The fourth-order valence-corrected chi connectivity index (χ4v) is 3.71. The molecule has 0 amide bonds. The summed E-state index contributed by atoms with van der Waals surface area (Å²) in [5, 5.41) is 4.20. The van der Waals surface area contributed by atoms with Crippen molar-refractivity contribution < 1.29 is 0 Å². The zero-order valence-corrected chi connectivity index (χ0v) is 19.9. The first kappa shape index (κ1) is 23.6. The number of aliphatic imine (C=N–C) groups is 1. The average Bonchev–Trinajstić information content (AvgIpc) is 2.88. The fourth-order valence-electron chi connectivity index (χ4n) is 3.44. The number of aryl methyl sites for hydroxylation is 1. The van der Waals surface area contributed by atoms with Crippen molar-refractivity contribution in [3.05, 3.63) is 23.0 Å². The standard InChI is InChI=1S/C19H34ClN5.HI/c1-6-21-19(24(5)14-18-10-17(20)13-23(18)4)22-11-16-8-7-9-25(12-16)15(2)3;/h10,13,15-16H,6-9,11-12,14H2,1-5H3,(H,21,22);1H. The highest BCUT2D eigenvalue weighted by Crippen LogP contribution is 2.19. The minimum absolute atomic E-state index is 0. The molecule has 1 aliphatic heterocycles. The van der Waals surface area contributed by atoms with E-state index < -0.39 is 0 Å². The molecule has 7 heteroatoms. The van der Waals surface area contributed by atoms with Crippen LogP contribution in [0, 0.1) is 5.92 Å². The summed E-state index contributed by atoms with van der Waals surface area (Å²) in [6.45, 7) is 11.6. The van der Waals surface area contributed by atoms with E-state index in [4.69, 9.17) is 16.6 Å². The molecule has 1 N–H and O–H groups in total. The van der Waals surface area contributed by atoms with Crippen LogP contribution in [0.3, 0.4) is 0 Å². The van der Waals surface area contributed by atoms with E-state index in [1.54, 1.807) is 0 Å². The summed E-state index contributed by atoms with van der Waals surface area (Å²) >= 11 is 6.10. The Balaban J connectivity index is 0.00000338. The molecule has 1 saturated heterocycles. The van der Waals surface area contributed by atoms with Gasteiger partial charge in [-0.2, -0.15) is 0 Å². The molecule has 2 heterocycles. The summed E-state index contributed by atoms with van der Waals surface area (Å²) in [5.74, 6) is 1.63. The first-order valence-electron chi connectivity index (χ1n) is 9.45. The summed E-state index contributed by atoms with van der Waals surface area (Å²) in [6.07, 6.45) is 4.51. The lowest BCUT2D eigenvalue weighted by Gasteiger charge is -2.35. The van der Waals surface area contributed by atoms with Crippen molar-refractivity contribution in [2.24, 2.45) is 18.0 Å². The Hall–Kier alpha value is -0.470. The predicted octanol–water partition coefficient (Wildman–Crippen LogP) is 3.81. The number of likely N-dealkylation sites (tertiary alicyclic amines) is 1. The molecule has 150 valence electrons. The number of aromatic nitrogens is 1. The molecule has 0 spiro atoms. The average molecular weight is 496 g/mol. The Bertz CT molecular complexity index is 572. The van der Waals surface area contributed by atoms with Gasteiger partial charge >= 0.3 is 0 Å². The van der Waals surface area contributed by atoms with E-state index in [1.165, 1.54) is 25.1 Å². The van der Waals surface area contributed by atoms with Crippen LogP contribution in [0.2, 0.25) is 5.02 Å². The Morgan fingerprint density at radius 3 is 2.77 bits per heavy atom. The molecular formula is C19H35ClIN5. The second-order valence-corrected chi connectivity index (χ2v) is 7.84. The summed E-state index contributed by atoms with van der Waals surface area (Å²) in [5.41, 5.74) is 1.18. The highest BCUT2D eigenvalue weighted by Gasteiger charge is 2.21. The van der Waals surface area contributed by atoms with E-state index >= 15 is 0 Å². The van der Waals surface area contributed by atoms with Crippen LogP contribution in [0.15, 0.2) is 17.3 Å². The minimum Gasteiger partial charge on any atom is -0.357 e. The number of guanidine groups is 1. The first-order valence-corrected chi connectivity index (χ1v) is 9.82. The Labute approximate surface area is 181 Å². The third-order valence-electron chi connectivity index (χ3n) is 4.95.